The molecule has 0 unspecified atom stereocenters. The predicted molar refractivity (Wildman–Crippen MR) is 104 cm³/mol. The Bertz CT molecular complexity index is 985. The molecule has 7 nitrogen and oxygen atoms in total. The van der Waals surface area contributed by atoms with E-state index < -0.39 is 0 Å². The molecule has 3 rings (SSSR count). The van der Waals surface area contributed by atoms with Gasteiger partial charge in [0.2, 0.25) is 5.91 Å². The zero-order chi connectivity index (χ0) is 19.4. The number of hydrogen-bond donors (Lipinski definition) is 1. The Morgan fingerprint density at radius 2 is 1.85 bits per heavy atom. The molecule has 0 aliphatic rings. The Balaban J connectivity index is 1.62. The van der Waals surface area contributed by atoms with E-state index >= 15 is 0 Å². The molecule has 0 atom stereocenters. The second-order valence-electron chi connectivity index (χ2n) is 6.49. The zero-order valence-electron chi connectivity index (χ0n) is 15.9. The highest BCUT2D eigenvalue weighted by Crippen LogP contribution is 2.18. The van der Waals surface area contributed by atoms with Gasteiger partial charge in [0.25, 0.3) is 0 Å². The van der Waals surface area contributed by atoms with Crippen LogP contribution < -0.4 is 5.32 Å². The van der Waals surface area contributed by atoms with Gasteiger partial charge in [-0.25, -0.2) is 19.6 Å². The molecule has 3 aromatic rings. The Morgan fingerprint density at radius 3 is 2.56 bits per heavy atom. The molecule has 2 aromatic heterocycles. The topological polar surface area (TPSA) is 85.6 Å². The van der Waals surface area contributed by atoms with Crippen molar-refractivity contribution in [2.24, 2.45) is 0 Å². The molecule has 0 aliphatic carbocycles. The van der Waals surface area contributed by atoms with Crippen molar-refractivity contribution in [3.8, 4) is 11.4 Å². The molecule has 0 spiro atoms. The monoisotopic (exact) mass is 362 g/mol. The van der Waals surface area contributed by atoms with E-state index in [2.05, 4.69) is 31.4 Å². The van der Waals surface area contributed by atoms with Crippen LogP contribution in [0.3, 0.4) is 0 Å². The number of aryl methyl sites for hydroxylation is 4. The van der Waals surface area contributed by atoms with E-state index in [0.29, 0.717) is 18.2 Å². The van der Waals surface area contributed by atoms with Gasteiger partial charge in [0, 0.05) is 41.8 Å². The maximum absolute atomic E-state index is 12.0. The number of aromatic nitrogens is 5. The van der Waals surface area contributed by atoms with Gasteiger partial charge < -0.3 is 5.32 Å². The first-order valence-electron chi connectivity index (χ1n) is 8.65. The molecule has 0 saturated heterocycles. The number of benzene rings is 1. The van der Waals surface area contributed by atoms with Crippen LogP contribution in [0.25, 0.3) is 17.6 Å². The summed E-state index contributed by atoms with van der Waals surface area (Å²) in [5.74, 6) is 1.12. The lowest BCUT2D eigenvalue weighted by Crippen LogP contribution is -2.21. The van der Waals surface area contributed by atoms with Gasteiger partial charge in [0.1, 0.15) is 12.2 Å². The van der Waals surface area contributed by atoms with Crippen LogP contribution in [0, 0.1) is 27.7 Å². The molecular weight excluding hydrogens is 340 g/mol. The first kappa shape index (κ1) is 18.4. The second-order valence-corrected chi connectivity index (χ2v) is 6.49. The lowest BCUT2D eigenvalue weighted by molar-refractivity contribution is -0.116. The molecule has 1 aromatic carbocycles. The number of carbonyl (C=O) groups is 1. The number of nitrogens with zero attached hydrogens (tertiary/aromatic N) is 5. The van der Waals surface area contributed by atoms with Crippen molar-refractivity contribution in [3.05, 3.63) is 65.0 Å². The third-order valence-electron chi connectivity index (χ3n) is 4.02. The van der Waals surface area contributed by atoms with Crippen molar-refractivity contribution in [2.75, 3.05) is 0 Å². The highest BCUT2D eigenvalue weighted by atomic mass is 16.1. The molecule has 7 heteroatoms. The van der Waals surface area contributed by atoms with Crippen LogP contribution in [-0.2, 0) is 11.3 Å². The molecule has 0 aliphatic heterocycles. The first-order chi connectivity index (χ1) is 12.9. The molecule has 0 fully saturated rings. The SMILES string of the molecule is Cc1cc(C)cc(-c2ncn(/C=C\C(=O)NCc3cnc(C)nc3C)n2)c1. The van der Waals surface area contributed by atoms with Crippen molar-refractivity contribution in [3.63, 3.8) is 0 Å². The molecule has 0 radical (unpaired) electrons. The zero-order valence-corrected chi connectivity index (χ0v) is 15.9. The second kappa shape index (κ2) is 7.90. The smallest absolute Gasteiger partial charge is 0.245 e. The summed E-state index contributed by atoms with van der Waals surface area (Å²) in [4.78, 5) is 24.8. The van der Waals surface area contributed by atoms with Gasteiger partial charge in [0.05, 0.1) is 0 Å². The van der Waals surface area contributed by atoms with Crippen molar-refractivity contribution < 1.29 is 4.79 Å². The van der Waals surface area contributed by atoms with Crippen LogP contribution in [0.15, 0.2) is 36.8 Å². The van der Waals surface area contributed by atoms with Gasteiger partial charge in [-0.1, -0.05) is 17.2 Å². The highest BCUT2D eigenvalue weighted by Gasteiger charge is 2.06. The van der Waals surface area contributed by atoms with E-state index in [0.717, 1.165) is 27.9 Å². The summed E-state index contributed by atoms with van der Waals surface area (Å²) in [5, 5.41) is 7.21. The quantitative estimate of drug-likeness (QED) is 0.706. The Labute approximate surface area is 158 Å². The van der Waals surface area contributed by atoms with Crippen molar-refractivity contribution in [1.29, 1.82) is 0 Å². The van der Waals surface area contributed by atoms with E-state index in [9.17, 15) is 4.79 Å². The van der Waals surface area contributed by atoms with E-state index in [1.807, 2.05) is 39.8 Å². The van der Waals surface area contributed by atoms with E-state index in [4.69, 9.17) is 0 Å². The fraction of sp³-hybridized carbons (Fsp3) is 0.250. The molecule has 27 heavy (non-hydrogen) atoms. The largest absolute Gasteiger partial charge is 0.348 e. The maximum atomic E-state index is 12.0. The fourth-order valence-electron chi connectivity index (χ4n) is 2.75. The molecular formula is C20H22N6O. The van der Waals surface area contributed by atoms with E-state index in [-0.39, 0.29) is 5.91 Å². The van der Waals surface area contributed by atoms with Crippen LogP contribution in [0.5, 0.6) is 0 Å². The van der Waals surface area contributed by atoms with E-state index in [1.165, 1.54) is 10.8 Å². The van der Waals surface area contributed by atoms with Gasteiger partial charge >= 0.3 is 0 Å². The number of nitrogens with one attached hydrogen (secondary N) is 1. The van der Waals surface area contributed by atoms with Crippen molar-refractivity contribution >= 4 is 12.1 Å². The highest BCUT2D eigenvalue weighted by molar-refractivity contribution is 5.89. The summed E-state index contributed by atoms with van der Waals surface area (Å²) in [5.41, 5.74) is 5.03. The minimum absolute atomic E-state index is 0.224. The summed E-state index contributed by atoms with van der Waals surface area (Å²) < 4.78 is 1.52. The standard InChI is InChI=1S/C20H22N6O/c1-13-7-14(2)9-17(8-13)20-23-12-26(25-20)6-5-19(27)22-11-18-10-21-16(4)24-15(18)3/h5-10,12H,11H2,1-4H3,(H,22,27)/b6-5-. The molecule has 0 saturated carbocycles. The van der Waals surface area contributed by atoms with Gasteiger partial charge in [-0.2, -0.15) is 0 Å². The maximum Gasteiger partial charge on any atom is 0.245 e. The fourth-order valence-corrected chi connectivity index (χ4v) is 2.75. The van der Waals surface area contributed by atoms with E-state index in [1.54, 1.807) is 18.7 Å². The Hall–Kier alpha value is -3.35. The molecule has 1 amide bonds. The van der Waals surface area contributed by atoms with Crippen LogP contribution in [-0.4, -0.2) is 30.6 Å². The summed E-state index contributed by atoms with van der Waals surface area (Å²) >= 11 is 0. The van der Waals surface area contributed by atoms with Crippen LogP contribution >= 0.6 is 0 Å². The summed E-state index contributed by atoms with van der Waals surface area (Å²) in [7, 11) is 0. The number of hydrogen-bond acceptors (Lipinski definition) is 5. The van der Waals surface area contributed by atoms with Crippen LogP contribution in [0.2, 0.25) is 0 Å². The number of carbonyl (C=O) groups excluding carboxylic acids is 1. The Morgan fingerprint density at radius 1 is 1.11 bits per heavy atom. The normalized spacial score (nSPS) is 11.1. The number of amides is 1. The molecule has 2 heterocycles. The van der Waals surface area contributed by atoms with Gasteiger partial charge in [0.15, 0.2) is 5.82 Å². The molecule has 0 bridgehead atoms. The minimum atomic E-state index is -0.224. The summed E-state index contributed by atoms with van der Waals surface area (Å²) in [6, 6.07) is 6.18. The molecule has 138 valence electrons. The third kappa shape index (κ3) is 4.84. The lowest BCUT2D eigenvalue weighted by atomic mass is 10.1. The van der Waals surface area contributed by atoms with Gasteiger partial charge in [-0.3, -0.25) is 4.79 Å². The van der Waals surface area contributed by atoms with Gasteiger partial charge in [-0.05, 0) is 39.8 Å². The van der Waals surface area contributed by atoms with Crippen molar-refractivity contribution in [1.82, 2.24) is 30.0 Å². The van der Waals surface area contributed by atoms with Crippen LogP contribution in [0.1, 0.15) is 28.2 Å². The van der Waals surface area contributed by atoms with Gasteiger partial charge in [-0.15, -0.1) is 5.10 Å². The van der Waals surface area contributed by atoms with Crippen LogP contribution in [0.4, 0.5) is 0 Å². The summed E-state index contributed by atoms with van der Waals surface area (Å²) in [6.45, 7) is 8.19. The third-order valence-corrected chi connectivity index (χ3v) is 4.02. The Kier molecular flexibility index (Phi) is 5.40. The first-order valence-corrected chi connectivity index (χ1v) is 8.65. The number of rotatable bonds is 5. The lowest BCUT2D eigenvalue weighted by Gasteiger charge is -2.05. The molecule has 1 N–H and O–H groups in total. The summed E-state index contributed by atoms with van der Waals surface area (Å²) in [6.07, 6.45) is 6.31. The van der Waals surface area contributed by atoms with Crippen molar-refractivity contribution in [2.45, 2.75) is 34.2 Å². The predicted octanol–water partition coefficient (Wildman–Crippen LogP) is 2.76. The average molecular weight is 362 g/mol. The minimum Gasteiger partial charge on any atom is -0.348 e. The average Bonchev–Trinajstić information content (AvgIpc) is 3.07.